The first-order valence-electron chi connectivity index (χ1n) is 10.5. The fourth-order valence-corrected chi connectivity index (χ4v) is 3.64. The van der Waals surface area contributed by atoms with Crippen molar-refractivity contribution < 1.29 is 31.1 Å². The summed E-state index contributed by atoms with van der Waals surface area (Å²) in [6.07, 6.45) is -3.18. The second-order valence-electron chi connectivity index (χ2n) is 7.88. The molecule has 0 saturated heterocycles. The van der Waals surface area contributed by atoms with E-state index in [1.54, 1.807) is 19.1 Å². The first-order valence-corrected chi connectivity index (χ1v) is 12.4. The molecule has 0 aliphatic rings. The van der Waals surface area contributed by atoms with Gasteiger partial charge in [-0.1, -0.05) is 6.07 Å². The predicted molar refractivity (Wildman–Crippen MR) is 131 cm³/mol. The number of aromatic nitrogens is 3. The van der Waals surface area contributed by atoms with Crippen LogP contribution in [-0.2, 0) is 22.7 Å². The first-order chi connectivity index (χ1) is 17.2. The van der Waals surface area contributed by atoms with Crippen LogP contribution in [0.2, 0.25) is 0 Å². The van der Waals surface area contributed by atoms with Crippen LogP contribution < -0.4 is 25.4 Å². The average molecular weight is 540 g/mol. The summed E-state index contributed by atoms with van der Waals surface area (Å²) in [5.74, 6) is -1.18. The van der Waals surface area contributed by atoms with Gasteiger partial charge in [-0.2, -0.15) is 18.2 Å². The third kappa shape index (κ3) is 6.55. The van der Waals surface area contributed by atoms with E-state index in [2.05, 4.69) is 25.6 Å². The fourth-order valence-electron chi connectivity index (χ4n) is 3.17. The summed E-state index contributed by atoms with van der Waals surface area (Å²) < 4.78 is 71.3. The van der Waals surface area contributed by atoms with Gasteiger partial charge in [-0.25, -0.2) is 18.4 Å². The second kappa shape index (κ2) is 10.5. The number of hydrogen-bond acceptors (Lipinski definition) is 9. The van der Waals surface area contributed by atoms with E-state index in [4.69, 9.17) is 10.5 Å². The smallest absolute Gasteiger partial charge is 0.421 e. The largest absolute Gasteiger partial charge is 0.495 e. The van der Waals surface area contributed by atoms with Crippen molar-refractivity contribution in [2.45, 2.75) is 19.6 Å². The monoisotopic (exact) mass is 539 g/mol. The lowest BCUT2D eigenvalue weighted by atomic mass is 10.2. The maximum Gasteiger partial charge on any atom is 0.421 e. The quantitative estimate of drug-likeness (QED) is 0.372. The van der Waals surface area contributed by atoms with Gasteiger partial charge in [0, 0.05) is 36.6 Å². The lowest BCUT2D eigenvalue weighted by Gasteiger charge is -2.20. The molecule has 0 aliphatic carbocycles. The second-order valence-corrected chi connectivity index (χ2v) is 9.89. The van der Waals surface area contributed by atoms with E-state index in [1.807, 2.05) is 0 Å². The molecule has 37 heavy (non-hydrogen) atoms. The predicted octanol–water partition coefficient (Wildman–Crippen LogP) is 3.06. The Kier molecular flexibility index (Phi) is 7.76. The molecule has 0 fully saturated rings. The van der Waals surface area contributed by atoms with Gasteiger partial charge in [-0.15, -0.1) is 0 Å². The Morgan fingerprint density at radius 1 is 1.19 bits per heavy atom. The highest BCUT2D eigenvalue weighted by atomic mass is 32.2. The molecule has 0 saturated carbocycles. The van der Waals surface area contributed by atoms with Crippen LogP contribution in [0.5, 0.6) is 5.75 Å². The van der Waals surface area contributed by atoms with E-state index in [9.17, 15) is 26.4 Å². The fraction of sp³-hybridized carbons (Fsp3) is 0.273. The maximum absolute atomic E-state index is 13.7. The van der Waals surface area contributed by atoms with Gasteiger partial charge in [0.1, 0.15) is 22.9 Å². The number of ether oxygens (including phenoxy) is 1. The number of sulfonamides is 1. The molecule has 0 atom stereocenters. The number of amides is 1. The zero-order valence-corrected chi connectivity index (χ0v) is 21.0. The number of carbonyl (C=O) groups excluding carboxylic acids is 1. The van der Waals surface area contributed by atoms with E-state index in [1.165, 1.54) is 32.4 Å². The number of nitrogens with two attached hydrogens (primary N) is 1. The Labute approximate surface area is 210 Å². The molecule has 0 radical (unpaired) electrons. The minimum atomic E-state index is -4.78. The molecule has 0 aliphatic heterocycles. The highest BCUT2D eigenvalue weighted by molar-refractivity contribution is 7.92. The van der Waals surface area contributed by atoms with Crippen molar-refractivity contribution in [2.24, 2.45) is 5.73 Å². The summed E-state index contributed by atoms with van der Waals surface area (Å²) in [4.78, 5) is 23.4. The van der Waals surface area contributed by atoms with Crippen molar-refractivity contribution >= 4 is 39.2 Å². The number of aryl methyl sites for hydroxylation is 1. The summed E-state index contributed by atoms with van der Waals surface area (Å²) in [5.41, 5.74) is 5.42. The molecule has 2 aromatic heterocycles. The third-order valence-electron chi connectivity index (χ3n) is 5.16. The van der Waals surface area contributed by atoms with Crippen LogP contribution in [0.25, 0.3) is 0 Å². The molecule has 3 aromatic rings. The molecule has 11 nitrogen and oxygen atoms in total. The summed E-state index contributed by atoms with van der Waals surface area (Å²) in [6, 6.07) is 7.37. The molecule has 1 amide bonds. The normalized spacial score (nSPS) is 11.6. The third-order valence-corrected chi connectivity index (χ3v) is 6.33. The lowest BCUT2D eigenvalue weighted by Crippen LogP contribution is -2.27. The van der Waals surface area contributed by atoms with Gasteiger partial charge in [-0.05, 0) is 31.2 Å². The van der Waals surface area contributed by atoms with Gasteiger partial charge in [0.25, 0.3) is 0 Å². The number of benzene rings is 1. The van der Waals surface area contributed by atoms with Crippen LogP contribution in [0.3, 0.4) is 0 Å². The van der Waals surface area contributed by atoms with E-state index in [0.29, 0.717) is 17.5 Å². The van der Waals surface area contributed by atoms with Gasteiger partial charge >= 0.3 is 6.18 Å². The highest BCUT2D eigenvalue weighted by Crippen LogP contribution is 2.35. The van der Waals surface area contributed by atoms with E-state index in [-0.39, 0.29) is 35.3 Å². The lowest BCUT2D eigenvalue weighted by molar-refractivity contribution is -0.137. The first kappa shape index (κ1) is 27.4. The molecule has 1 aromatic carbocycles. The minimum absolute atomic E-state index is 0.0650. The number of nitrogens with one attached hydrogen (secondary N) is 2. The molecule has 3 rings (SSSR count). The van der Waals surface area contributed by atoms with Crippen molar-refractivity contribution in [3.05, 3.63) is 58.9 Å². The standard InChI is InChI=1S/C22H24F3N7O4S/c1-12-5-6-14(20(29-12)32(2)37(4,34)35)10-27-19-15(22(23,24)25)11-28-21(31-19)30-16-8-7-13(18(26)33)9-17(16)36-3/h5-9,11H,10H2,1-4H3,(H2,26,33)(H2,27,28,30,31). The van der Waals surface area contributed by atoms with Crippen LogP contribution in [0.15, 0.2) is 36.5 Å². The van der Waals surface area contributed by atoms with Gasteiger partial charge in [0.2, 0.25) is 21.9 Å². The van der Waals surface area contributed by atoms with Crippen molar-refractivity contribution in [3.8, 4) is 5.75 Å². The van der Waals surface area contributed by atoms with Crippen molar-refractivity contribution in [3.63, 3.8) is 0 Å². The van der Waals surface area contributed by atoms with Gasteiger partial charge in [0.15, 0.2) is 0 Å². The van der Waals surface area contributed by atoms with E-state index in [0.717, 1.165) is 10.6 Å². The number of halogens is 3. The number of carbonyl (C=O) groups is 1. The summed E-state index contributed by atoms with van der Waals surface area (Å²) in [7, 11) is -1.04. The van der Waals surface area contributed by atoms with Crippen molar-refractivity contribution in [1.29, 1.82) is 0 Å². The van der Waals surface area contributed by atoms with Gasteiger partial charge in [-0.3, -0.25) is 9.10 Å². The number of rotatable bonds is 9. The number of pyridine rings is 1. The molecule has 0 bridgehead atoms. The van der Waals surface area contributed by atoms with Gasteiger partial charge < -0.3 is 21.1 Å². The Morgan fingerprint density at radius 3 is 2.49 bits per heavy atom. The molecule has 15 heteroatoms. The molecule has 198 valence electrons. The number of nitrogens with zero attached hydrogens (tertiary/aromatic N) is 4. The SMILES string of the molecule is COc1cc(C(N)=O)ccc1Nc1ncc(C(F)(F)F)c(NCc2ccc(C)nc2N(C)S(C)(=O)=O)n1. The average Bonchev–Trinajstić information content (AvgIpc) is 2.81. The Hall–Kier alpha value is -4.14. The zero-order valence-electron chi connectivity index (χ0n) is 20.2. The van der Waals surface area contributed by atoms with Crippen LogP contribution in [-0.4, -0.2) is 49.7 Å². The zero-order chi connectivity index (χ0) is 27.5. The van der Waals surface area contributed by atoms with Crippen molar-refractivity contribution in [2.75, 3.05) is 35.4 Å². The molecule has 0 unspecified atom stereocenters. The molecule has 4 N–H and O–H groups in total. The Balaban J connectivity index is 1.97. The molecular formula is C22H24F3N7O4S. The topological polar surface area (TPSA) is 152 Å². The Morgan fingerprint density at radius 2 is 1.89 bits per heavy atom. The number of primary amides is 1. The van der Waals surface area contributed by atoms with Crippen molar-refractivity contribution in [1.82, 2.24) is 15.0 Å². The van der Waals surface area contributed by atoms with E-state index >= 15 is 0 Å². The maximum atomic E-state index is 13.7. The van der Waals surface area contributed by atoms with Crippen LogP contribution in [0, 0.1) is 6.92 Å². The summed E-state index contributed by atoms with van der Waals surface area (Å²) in [5, 5.41) is 5.37. The van der Waals surface area contributed by atoms with Crippen LogP contribution >= 0.6 is 0 Å². The number of methoxy groups -OCH3 is 1. The van der Waals surface area contributed by atoms with Crippen LogP contribution in [0.4, 0.5) is 36.4 Å². The summed E-state index contributed by atoms with van der Waals surface area (Å²) >= 11 is 0. The minimum Gasteiger partial charge on any atom is -0.495 e. The summed E-state index contributed by atoms with van der Waals surface area (Å²) in [6.45, 7) is 1.43. The van der Waals surface area contributed by atoms with Gasteiger partial charge in [0.05, 0.1) is 19.1 Å². The number of anilines is 4. The van der Waals surface area contributed by atoms with E-state index < -0.39 is 33.5 Å². The molecular weight excluding hydrogens is 515 g/mol. The number of hydrogen-bond donors (Lipinski definition) is 3. The highest BCUT2D eigenvalue weighted by Gasteiger charge is 2.35. The molecule has 2 heterocycles. The molecule has 0 spiro atoms. The Bertz CT molecular complexity index is 1430. The van der Waals surface area contributed by atoms with Crippen LogP contribution in [0.1, 0.15) is 27.2 Å². The number of alkyl halides is 3.